The molecular formula is C16H21Cl2N3O. The standard InChI is InChI=1S/C16H19N3O.2ClH/c1-11-3-7-14(8-4-11)15(17)16(20)19-10-13-6-5-12(2)18-9-13;;/h3-9,15H,10,17H2,1-2H3,(H,19,20);2*1H. The van der Waals surface area contributed by atoms with Crippen molar-refractivity contribution >= 4 is 30.7 Å². The Morgan fingerprint density at radius 2 is 1.77 bits per heavy atom. The van der Waals surface area contributed by atoms with Crippen LogP contribution in [0.1, 0.15) is 28.4 Å². The highest BCUT2D eigenvalue weighted by Gasteiger charge is 2.14. The van der Waals surface area contributed by atoms with Gasteiger partial charge in [-0.2, -0.15) is 0 Å². The van der Waals surface area contributed by atoms with Gasteiger partial charge in [-0.25, -0.2) is 0 Å². The van der Waals surface area contributed by atoms with Crippen molar-refractivity contribution in [3.05, 3.63) is 65.0 Å². The molecule has 0 saturated carbocycles. The minimum Gasteiger partial charge on any atom is -0.350 e. The highest BCUT2D eigenvalue weighted by molar-refractivity contribution is 5.85. The molecule has 2 aromatic rings. The fraction of sp³-hybridized carbons (Fsp3) is 0.250. The zero-order valence-electron chi connectivity index (χ0n) is 12.6. The molecule has 6 heteroatoms. The number of nitrogens with zero attached hydrogens (tertiary/aromatic N) is 1. The molecule has 1 aromatic heterocycles. The second kappa shape index (κ2) is 9.41. The molecule has 0 radical (unpaired) electrons. The molecule has 0 spiro atoms. The van der Waals surface area contributed by atoms with E-state index in [1.165, 1.54) is 0 Å². The summed E-state index contributed by atoms with van der Waals surface area (Å²) < 4.78 is 0. The summed E-state index contributed by atoms with van der Waals surface area (Å²) in [5.74, 6) is -0.186. The third-order valence-corrected chi connectivity index (χ3v) is 3.16. The predicted molar refractivity (Wildman–Crippen MR) is 93.4 cm³/mol. The summed E-state index contributed by atoms with van der Waals surface area (Å²) in [5.41, 5.74) is 9.82. The molecule has 0 aliphatic carbocycles. The minimum absolute atomic E-state index is 0. The van der Waals surface area contributed by atoms with E-state index in [1.54, 1.807) is 6.20 Å². The monoisotopic (exact) mass is 341 g/mol. The number of carbonyl (C=O) groups excluding carboxylic acids is 1. The van der Waals surface area contributed by atoms with Crippen LogP contribution in [-0.4, -0.2) is 10.9 Å². The lowest BCUT2D eigenvalue weighted by molar-refractivity contribution is -0.122. The van der Waals surface area contributed by atoms with Gasteiger partial charge in [-0.05, 0) is 31.0 Å². The summed E-state index contributed by atoms with van der Waals surface area (Å²) in [6.45, 7) is 4.36. The molecule has 0 bridgehead atoms. The van der Waals surface area contributed by atoms with E-state index >= 15 is 0 Å². The molecule has 22 heavy (non-hydrogen) atoms. The molecule has 1 aromatic carbocycles. The molecule has 4 nitrogen and oxygen atoms in total. The average molecular weight is 342 g/mol. The Balaban J connectivity index is 0.00000220. The number of aryl methyl sites for hydroxylation is 2. The maximum Gasteiger partial charge on any atom is 0.241 e. The van der Waals surface area contributed by atoms with E-state index in [0.717, 1.165) is 22.4 Å². The molecular weight excluding hydrogens is 321 g/mol. The van der Waals surface area contributed by atoms with E-state index in [-0.39, 0.29) is 30.7 Å². The first kappa shape index (κ1) is 20.4. The van der Waals surface area contributed by atoms with Gasteiger partial charge in [0.2, 0.25) is 5.91 Å². The summed E-state index contributed by atoms with van der Waals surface area (Å²) in [7, 11) is 0. The van der Waals surface area contributed by atoms with Crippen molar-refractivity contribution in [2.75, 3.05) is 0 Å². The number of halogens is 2. The van der Waals surface area contributed by atoms with Gasteiger partial charge in [0.25, 0.3) is 0 Å². The molecule has 3 N–H and O–H groups in total. The first-order chi connectivity index (χ1) is 9.56. The predicted octanol–water partition coefficient (Wildman–Crippen LogP) is 2.86. The maximum absolute atomic E-state index is 12.0. The number of carbonyl (C=O) groups is 1. The topological polar surface area (TPSA) is 68.0 Å². The number of rotatable bonds is 4. The van der Waals surface area contributed by atoms with E-state index < -0.39 is 6.04 Å². The van der Waals surface area contributed by atoms with Gasteiger partial charge in [-0.3, -0.25) is 9.78 Å². The summed E-state index contributed by atoms with van der Waals surface area (Å²) in [6, 6.07) is 10.9. The number of hydrogen-bond acceptors (Lipinski definition) is 3. The molecule has 1 heterocycles. The van der Waals surface area contributed by atoms with Crippen LogP contribution in [0, 0.1) is 13.8 Å². The van der Waals surface area contributed by atoms with Crippen molar-refractivity contribution < 1.29 is 4.79 Å². The van der Waals surface area contributed by atoms with Gasteiger partial charge in [-0.1, -0.05) is 35.9 Å². The number of aromatic nitrogens is 1. The molecule has 120 valence electrons. The van der Waals surface area contributed by atoms with E-state index in [1.807, 2.05) is 50.2 Å². The number of hydrogen-bond donors (Lipinski definition) is 2. The quantitative estimate of drug-likeness (QED) is 0.898. The first-order valence-corrected chi connectivity index (χ1v) is 6.57. The van der Waals surface area contributed by atoms with E-state index in [0.29, 0.717) is 6.54 Å². The third-order valence-electron chi connectivity index (χ3n) is 3.16. The Morgan fingerprint density at radius 3 is 2.32 bits per heavy atom. The van der Waals surface area contributed by atoms with Crippen LogP contribution in [0.15, 0.2) is 42.6 Å². The summed E-state index contributed by atoms with van der Waals surface area (Å²) >= 11 is 0. The van der Waals surface area contributed by atoms with Crippen LogP contribution in [0.25, 0.3) is 0 Å². The van der Waals surface area contributed by atoms with Crippen molar-refractivity contribution in [2.24, 2.45) is 5.73 Å². The van der Waals surface area contributed by atoms with Crippen LogP contribution in [0.5, 0.6) is 0 Å². The first-order valence-electron chi connectivity index (χ1n) is 6.57. The molecule has 0 saturated heterocycles. The SMILES string of the molecule is Cc1ccc(C(N)C(=O)NCc2ccc(C)nc2)cc1.Cl.Cl. The molecule has 1 unspecified atom stereocenters. The second-order valence-electron chi connectivity index (χ2n) is 4.91. The zero-order valence-corrected chi connectivity index (χ0v) is 14.2. The fourth-order valence-electron chi connectivity index (χ4n) is 1.83. The molecule has 0 fully saturated rings. The van der Waals surface area contributed by atoms with E-state index in [9.17, 15) is 4.79 Å². The normalized spacial score (nSPS) is 10.9. The van der Waals surface area contributed by atoms with E-state index in [4.69, 9.17) is 5.73 Å². The largest absolute Gasteiger partial charge is 0.350 e. The van der Waals surface area contributed by atoms with Crippen LogP contribution in [0.3, 0.4) is 0 Å². The number of amides is 1. The van der Waals surface area contributed by atoms with Crippen molar-refractivity contribution in [3.63, 3.8) is 0 Å². The van der Waals surface area contributed by atoms with Gasteiger partial charge >= 0.3 is 0 Å². The van der Waals surface area contributed by atoms with Crippen LogP contribution < -0.4 is 11.1 Å². The van der Waals surface area contributed by atoms with Gasteiger partial charge < -0.3 is 11.1 Å². The fourth-order valence-corrected chi connectivity index (χ4v) is 1.83. The van der Waals surface area contributed by atoms with Crippen molar-refractivity contribution in [1.82, 2.24) is 10.3 Å². The molecule has 0 aliphatic heterocycles. The summed E-state index contributed by atoms with van der Waals surface area (Å²) in [6.07, 6.45) is 1.76. The van der Waals surface area contributed by atoms with Gasteiger partial charge in [-0.15, -0.1) is 24.8 Å². The lowest BCUT2D eigenvalue weighted by Gasteiger charge is -2.13. The van der Waals surface area contributed by atoms with Gasteiger partial charge in [0.15, 0.2) is 0 Å². The molecule has 1 atom stereocenters. The number of nitrogens with one attached hydrogen (secondary N) is 1. The lowest BCUT2D eigenvalue weighted by atomic mass is 10.1. The van der Waals surface area contributed by atoms with Crippen molar-refractivity contribution in [3.8, 4) is 0 Å². The maximum atomic E-state index is 12.0. The Labute approximate surface area is 143 Å². The third kappa shape index (κ3) is 5.64. The Kier molecular flexibility index (Phi) is 8.72. The molecule has 0 aliphatic rings. The number of pyridine rings is 1. The summed E-state index contributed by atoms with van der Waals surface area (Å²) in [5, 5.41) is 2.83. The number of benzene rings is 1. The van der Waals surface area contributed by atoms with Crippen LogP contribution >= 0.6 is 24.8 Å². The number of nitrogens with two attached hydrogens (primary N) is 1. The molecule has 2 rings (SSSR count). The Morgan fingerprint density at radius 1 is 1.14 bits per heavy atom. The van der Waals surface area contributed by atoms with Gasteiger partial charge in [0, 0.05) is 18.4 Å². The Hall–Kier alpha value is -1.62. The smallest absolute Gasteiger partial charge is 0.241 e. The Bertz CT molecular complexity index is 585. The lowest BCUT2D eigenvalue weighted by Crippen LogP contribution is -2.33. The minimum atomic E-state index is -0.644. The zero-order chi connectivity index (χ0) is 14.5. The van der Waals surface area contributed by atoms with Gasteiger partial charge in [0.05, 0.1) is 0 Å². The van der Waals surface area contributed by atoms with Gasteiger partial charge in [0.1, 0.15) is 6.04 Å². The highest BCUT2D eigenvalue weighted by Crippen LogP contribution is 2.11. The van der Waals surface area contributed by atoms with Crippen molar-refractivity contribution in [1.29, 1.82) is 0 Å². The summed E-state index contributed by atoms with van der Waals surface area (Å²) in [4.78, 5) is 16.2. The second-order valence-corrected chi connectivity index (χ2v) is 4.91. The van der Waals surface area contributed by atoms with Crippen LogP contribution in [0.4, 0.5) is 0 Å². The molecule has 1 amide bonds. The average Bonchev–Trinajstić information content (AvgIpc) is 2.46. The van der Waals surface area contributed by atoms with Crippen LogP contribution in [-0.2, 0) is 11.3 Å². The van der Waals surface area contributed by atoms with E-state index in [2.05, 4.69) is 10.3 Å². The highest BCUT2D eigenvalue weighted by atomic mass is 35.5. The van der Waals surface area contributed by atoms with Crippen LogP contribution in [0.2, 0.25) is 0 Å². The van der Waals surface area contributed by atoms with Crippen molar-refractivity contribution in [2.45, 2.75) is 26.4 Å².